The van der Waals surface area contributed by atoms with Gasteiger partial charge >= 0.3 is 0 Å². The van der Waals surface area contributed by atoms with Crippen LogP contribution in [0.5, 0.6) is 0 Å². The van der Waals surface area contributed by atoms with E-state index < -0.39 is 5.41 Å². The van der Waals surface area contributed by atoms with Gasteiger partial charge in [-0.2, -0.15) is 0 Å². The van der Waals surface area contributed by atoms with Gasteiger partial charge in [0.1, 0.15) is 0 Å². The molecule has 14 rings (SSSR count). The zero-order valence-electron chi connectivity index (χ0n) is 42.0. The van der Waals surface area contributed by atoms with Gasteiger partial charge in [0.15, 0.2) is 0 Å². The van der Waals surface area contributed by atoms with Crippen LogP contribution in [0.2, 0.25) is 0 Å². The summed E-state index contributed by atoms with van der Waals surface area (Å²) in [5.74, 6) is 0. The van der Waals surface area contributed by atoms with Crippen LogP contribution in [0.25, 0.3) is 83.8 Å². The summed E-state index contributed by atoms with van der Waals surface area (Å²) in [4.78, 5) is 5.06. The molecular formula is C69H54N2S2. The van der Waals surface area contributed by atoms with Gasteiger partial charge in [-0.15, -0.1) is 22.7 Å². The van der Waals surface area contributed by atoms with Gasteiger partial charge in [-0.1, -0.05) is 193 Å². The fourth-order valence-corrected chi connectivity index (χ4v) is 16.1. The van der Waals surface area contributed by atoms with Crippen LogP contribution < -0.4 is 9.80 Å². The minimum absolute atomic E-state index is 0.241. The number of rotatable bonds is 6. The van der Waals surface area contributed by atoms with Crippen LogP contribution >= 0.6 is 22.7 Å². The van der Waals surface area contributed by atoms with Gasteiger partial charge in [-0.05, 0) is 127 Å². The summed E-state index contributed by atoms with van der Waals surface area (Å²) >= 11 is 3.78. The monoisotopic (exact) mass is 974 g/mol. The van der Waals surface area contributed by atoms with E-state index in [0.29, 0.717) is 0 Å². The Morgan fingerprint density at radius 2 is 0.767 bits per heavy atom. The van der Waals surface area contributed by atoms with Gasteiger partial charge in [-0.3, -0.25) is 0 Å². The summed E-state index contributed by atoms with van der Waals surface area (Å²) in [6.45, 7) is 15.0. The van der Waals surface area contributed by atoms with Crippen molar-refractivity contribution >= 4 is 129 Å². The van der Waals surface area contributed by atoms with Gasteiger partial charge in [-0.25, -0.2) is 0 Å². The maximum Gasteiger partial charge on any atom is 0.0640 e. The molecule has 2 nitrogen and oxygen atoms in total. The lowest BCUT2D eigenvalue weighted by Crippen LogP contribution is -2.50. The van der Waals surface area contributed by atoms with Crippen LogP contribution in [0.4, 0.5) is 34.1 Å². The topological polar surface area (TPSA) is 6.48 Å². The van der Waals surface area contributed by atoms with E-state index in [0.717, 1.165) is 17.1 Å². The second-order valence-electron chi connectivity index (χ2n) is 22.0. The molecule has 0 saturated carbocycles. The van der Waals surface area contributed by atoms with E-state index in [4.69, 9.17) is 0 Å². The number of benzene rings is 11. The Balaban J connectivity index is 1.09. The fraction of sp³-hybridized carbons (Fsp3) is 0.130. The van der Waals surface area contributed by atoms with Gasteiger partial charge in [0.2, 0.25) is 0 Å². The molecule has 0 atom stereocenters. The standard InChI is InChI=1S/C69H54N2S2/c1-67(2,3)69(68(4,5)6)56-42-59(71(44-25-11-8-12-26-44)58-36-22-34-54-49-30-18-20-38-61(49)73-66(54)58)47-28-14-16-32-51(47)62(56)63-50-31-15-13-27-46(50)55-41-45(39-40-52(55)64(63)69)70(43-23-9-7-10-24-43)57-35-21-33-53-48-29-17-19-37-60(48)72-65(53)57/h7-42H,1-6H3. The molecule has 4 heteroatoms. The molecular weight excluding hydrogens is 921 g/mol. The Bertz CT molecular complexity index is 4340. The number of para-hydroxylation sites is 2. The Kier molecular flexibility index (Phi) is 9.71. The highest BCUT2D eigenvalue weighted by Crippen LogP contribution is 2.69. The molecule has 1 aliphatic carbocycles. The molecule has 0 unspecified atom stereocenters. The SMILES string of the molecule is CC(C)(C)C1(C(C)(C)C)c2cc(N(c3ccccc3)c3cccc4c3sc3ccccc34)c3ccccc3c2-c2c1c1ccc(N(c3ccccc3)c3cccc4c3sc3ccccc34)cc1c1ccccc21. The predicted molar refractivity (Wildman–Crippen MR) is 319 cm³/mol. The summed E-state index contributed by atoms with van der Waals surface area (Å²) in [5.41, 5.74) is 11.6. The first kappa shape index (κ1) is 44.0. The van der Waals surface area contributed by atoms with Crippen LogP contribution in [0.1, 0.15) is 52.7 Å². The average molecular weight is 975 g/mol. The molecule has 1 aliphatic rings. The van der Waals surface area contributed by atoms with E-state index >= 15 is 0 Å². The molecule has 0 saturated heterocycles. The fourth-order valence-electron chi connectivity index (χ4n) is 13.7. The van der Waals surface area contributed by atoms with Crippen molar-refractivity contribution in [2.24, 2.45) is 10.8 Å². The Morgan fingerprint density at radius 3 is 1.33 bits per heavy atom. The number of nitrogens with zero attached hydrogens (tertiary/aromatic N) is 2. The second kappa shape index (κ2) is 16.1. The first-order valence-corrected chi connectivity index (χ1v) is 27.2. The van der Waals surface area contributed by atoms with Crippen molar-refractivity contribution in [3.63, 3.8) is 0 Å². The lowest BCUT2D eigenvalue weighted by Gasteiger charge is -2.53. The largest absolute Gasteiger partial charge is 0.309 e. The normalized spacial score (nSPS) is 13.5. The predicted octanol–water partition coefficient (Wildman–Crippen LogP) is 21.2. The third-order valence-electron chi connectivity index (χ3n) is 16.1. The molecule has 0 radical (unpaired) electrons. The molecule has 2 heterocycles. The summed E-state index contributed by atoms with van der Waals surface area (Å²) < 4.78 is 5.19. The third kappa shape index (κ3) is 6.27. The molecule has 2 aromatic heterocycles. The van der Waals surface area contributed by atoms with Gasteiger partial charge < -0.3 is 9.80 Å². The zero-order valence-corrected chi connectivity index (χ0v) is 43.6. The van der Waals surface area contributed by atoms with Crippen molar-refractivity contribution in [2.45, 2.75) is 47.0 Å². The highest BCUT2D eigenvalue weighted by atomic mass is 32.1. The maximum absolute atomic E-state index is 2.63. The zero-order chi connectivity index (χ0) is 49.4. The van der Waals surface area contributed by atoms with Gasteiger partial charge in [0, 0.05) is 58.8 Å². The van der Waals surface area contributed by atoms with Gasteiger partial charge in [0.25, 0.3) is 0 Å². The number of thiophene rings is 2. The third-order valence-corrected chi connectivity index (χ3v) is 18.5. The highest BCUT2D eigenvalue weighted by Gasteiger charge is 2.59. The van der Waals surface area contributed by atoms with E-state index in [-0.39, 0.29) is 10.8 Å². The summed E-state index contributed by atoms with van der Waals surface area (Å²) in [5, 5.41) is 12.9. The van der Waals surface area contributed by atoms with E-state index in [1.54, 1.807) is 0 Å². The minimum Gasteiger partial charge on any atom is -0.309 e. The molecule has 0 N–H and O–H groups in total. The van der Waals surface area contributed by atoms with Crippen molar-refractivity contribution in [2.75, 3.05) is 9.80 Å². The van der Waals surface area contributed by atoms with Crippen molar-refractivity contribution in [1.29, 1.82) is 0 Å². The van der Waals surface area contributed by atoms with Crippen molar-refractivity contribution in [3.8, 4) is 11.1 Å². The van der Waals surface area contributed by atoms with Crippen LogP contribution in [0, 0.1) is 10.8 Å². The number of hydrogen-bond acceptors (Lipinski definition) is 4. The first-order chi connectivity index (χ1) is 35.5. The Labute approximate surface area is 435 Å². The van der Waals surface area contributed by atoms with E-state index in [1.807, 2.05) is 22.7 Å². The number of fused-ring (bicyclic) bond motifs is 16. The van der Waals surface area contributed by atoms with Crippen molar-refractivity contribution < 1.29 is 0 Å². The smallest absolute Gasteiger partial charge is 0.0640 e. The van der Waals surface area contributed by atoms with Crippen molar-refractivity contribution in [1.82, 2.24) is 0 Å². The molecule has 352 valence electrons. The second-order valence-corrected chi connectivity index (χ2v) is 24.1. The molecule has 0 bridgehead atoms. The summed E-state index contributed by atoms with van der Waals surface area (Å²) in [6.07, 6.45) is 0. The van der Waals surface area contributed by atoms with Crippen LogP contribution in [0.3, 0.4) is 0 Å². The summed E-state index contributed by atoms with van der Waals surface area (Å²) in [7, 11) is 0. The number of hydrogen-bond donors (Lipinski definition) is 0. The Morgan fingerprint density at radius 1 is 0.315 bits per heavy atom. The molecule has 73 heavy (non-hydrogen) atoms. The van der Waals surface area contributed by atoms with Crippen molar-refractivity contribution in [3.05, 3.63) is 230 Å². The highest BCUT2D eigenvalue weighted by molar-refractivity contribution is 7.26. The van der Waals surface area contributed by atoms with Gasteiger partial charge in [0.05, 0.1) is 26.5 Å². The van der Waals surface area contributed by atoms with Crippen LogP contribution in [-0.4, -0.2) is 0 Å². The molecule has 11 aromatic carbocycles. The molecule has 0 fully saturated rings. The average Bonchev–Trinajstić information content (AvgIpc) is 4.10. The lowest BCUT2D eigenvalue weighted by atomic mass is 9.49. The molecule has 13 aromatic rings. The quantitative estimate of drug-likeness (QED) is 0.153. The maximum atomic E-state index is 2.63. The molecule has 0 amide bonds. The molecule has 0 aliphatic heterocycles. The number of anilines is 6. The van der Waals surface area contributed by atoms with E-state index in [9.17, 15) is 0 Å². The Hall–Kier alpha value is -7.76. The minimum atomic E-state index is -0.457. The van der Waals surface area contributed by atoms with Crippen LogP contribution in [0.15, 0.2) is 218 Å². The summed E-state index contributed by atoms with van der Waals surface area (Å²) in [6, 6.07) is 81.9. The molecule has 0 spiro atoms. The van der Waals surface area contributed by atoms with E-state index in [2.05, 4.69) is 270 Å². The van der Waals surface area contributed by atoms with E-state index in [1.165, 1.54) is 112 Å². The van der Waals surface area contributed by atoms with Crippen LogP contribution in [-0.2, 0) is 5.41 Å². The lowest BCUT2D eigenvalue weighted by molar-refractivity contribution is 0.0965. The first-order valence-electron chi connectivity index (χ1n) is 25.6.